The molecular weight excluding hydrogens is 552 g/mol. The van der Waals surface area contributed by atoms with E-state index in [0.717, 1.165) is 0 Å². The van der Waals surface area contributed by atoms with Gasteiger partial charge >= 0.3 is 12.1 Å². The third-order valence-electron chi connectivity index (χ3n) is 7.78. The zero-order valence-electron chi connectivity index (χ0n) is 27.3. The van der Waals surface area contributed by atoms with E-state index in [1.54, 1.807) is 48.0 Å². The molecule has 0 bridgehead atoms. The van der Waals surface area contributed by atoms with Gasteiger partial charge in [0, 0.05) is 28.4 Å². The molecule has 14 nitrogen and oxygen atoms in total. The highest BCUT2D eigenvalue weighted by molar-refractivity contribution is 5.88. The Morgan fingerprint density at radius 3 is 1.12 bits per heavy atom. The first-order chi connectivity index (χ1) is 20.0. The molecular formula is C28H54N4O10. The number of rotatable bonds is 22. The lowest BCUT2D eigenvalue weighted by molar-refractivity contribution is -0.158. The van der Waals surface area contributed by atoms with Crippen molar-refractivity contribution in [1.29, 1.82) is 0 Å². The minimum absolute atomic E-state index is 0.0742. The van der Waals surface area contributed by atoms with Gasteiger partial charge in [-0.3, -0.25) is 19.6 Å². The molecule has 0 aromatic carbocycles. The van der Waals surface area contributed by atoms with Gasteiger partial charge in [-0.05, 0) is 41.0 Å². The number of carbonyl (C=O) groups is 2. The fourth-order valence-corrected chi connectivity index (χ4v) is 5.69. The largest absolute Gasteiger partial charge is 0.382 e. The molecule has 0 spiro atoms. The Kier molecular flexibility index (Phi) is 14.7. The van der Waals surface area contributed by atoms with Crippen molar-refractivity contribution >= 4 is 12.1 Å². The summed E-state index contributed by atoms with van der Waals surface area (Å²) < 4.78 is 45.4. The van der Waals surface area contributed by atoms with Crippen LogP contribution >= 0.6 is 0 Å². The van der Waals surface area contributed by atoms with Crippen LogP contribution in [0, 0.1) is 0 Å². The summed E-state index contributed by atoms with van der Waals surface area (Å²) in [5.74, 6) is 0. The summed E-state index contributed by atoms with van der Waals surface area (Å²) in [4.78, 5) is 35.1. The van der Waals surface area contributed by atoms with E-state index in [1.165, 1.54) is 0 Å². The molecule has 246 valence electrons. The summed E-state index contributed by atoms with van der Waals surface area (Å²) in [6.45, 7) is 12.4. The number of methoxy groups -OCH3 is 4. The molecule has 0 aliphatic carbocycles. The van der Waals surface area contributed by atoms with Gasteiger partial charge in [0.25, 0.3) is 0 Å². The lowest BCUT2D eigenvalue weighted by atomic mass is 9.89. The highest BCUT2D eigenvalue weighted by Gasteiger charge is 2.76. The van der Waals surface area contributed by atoms with E-state index in [0.29, 0.717) is 39.3 Å². The van der Waals surface area contributed by atoms with Gasteiger partial charge in [0.1, 0.15) is 26.9 Å². The molecule has 4 unspecified atom stereocenters. The first kappa shape index (κ1) is 36.4. The van der Waals surface area contributed by atoms with Crippen molar-refractivity contribution in [2.45, 2.75) is 90.1 Å². The predicted octanol–water partition coefficient (Wildman–Crippen LogP) is 2.71. The zero-order valence-corrected chi connectivity index (χ0v) is 27.3. The van der Waals surface area contributed by atoms with Gasteiger partial charge in [-0.25, -0.2) is 9.59 Å². The van der Waals surface area contributed by atoms with Crippen LogP contribution in [-0.4, -0.2) is 149 Å². The molecule has 42 heavy (non-hydrogen) atoms. The topological polar surface area (TPSA) is 121 Å². The van der Waals surface area contributed by atoms with Crippen molar-refractivity contribution in [1.82, 2.24) is 19.6 Å². The van der Waals surface area contributed by atoms with Crippen LogP contribution in [-0.2, 0) is 37.9 Å². The van der Waals surface area contributed by atoms with Crippen molar-refractivity contribution < 1.29 is 47.5 Å². The summed E-state index contributed by atoms with van der Waals surface area (Å²) in [6, 6.07) is -0.671. The van der Waals surface area contributed by atoms with Crippen molar-refractivity contribution in [2.75, 3.05) is 81.8 Å². The molecule has 14 heteroatoms. The van der Waals surface area contributed by atoms with Crippen LogP contribution in [0.2, 0.25) is 0 Å². The van der Waals surface area contributed by atoms with Crippen LogP contribution in [0.5, 0.6) is 0 Å². The molecule has 2 saturated heterocycles. The Bertz CT molecular complexity index is 781. The van der Waals surface area contributed by atoms with Gasteiger partial charge in [-0.1, -0.05) is 13.3 Å². The second-order valence-corrected chi connectivity index (χ2v) is 11.1. The molecule has 0 N–H and O–H groups in total. The average Bonchev–Trinajstić information content (AvgIpc) is 3.21. The summed E-state index contributed by atoms with van der Waals surface area (Å²) in [5.41, 5.74) is -2.41. The van der Waals surface area contributed by atoms with Gasteiger partial charge in [0.2, 0.25) is 0 Å². The molecule has 0 radical (unpaired) electrons. The Morgan fingerprint density at radius 2 is 0.857 bits per heavy atom. The fourth-order valence-electron chi connectivity index (χ4n) is 5.69. The Hall–Kier alpha value is -1.78. The second kappa shape index (κ2) is 16.9. The lowest BCUT2D eigenvalue weighted by Crippen LogP contribution is -2.67. The first-order valence-corrected chi connectivity index (χ1v) is 14.6. The van der Waals surface area contributed by atoms with E-state index in [9.17, 15) is 9.59 Å². The van der Waals surface area contributed by atoms with Crippen molar-refractivity contribution in [3.05, 3.63) is 0 Å². The maximum absolute atomic E-state index is 14.4. The van der Waals surface area contributed by atoms with Gasteiger partial charge in [-0.15, -0.1) is 0 Å². The van der Waals surface area contributed by atoms with E-state index in [2.05, 4.69) is 0 Å². The quantitative estimate of drug-likeness (QED) is 0.182. The lowest BCUT2D eigenvalue weighted by Gasteiger charge is -2.48. The molecule has 4 atom stereocenters. The highest BCUT2D eigenvalue weighted by Crippen LogP contribution is 2.53. The van der Waals surface area contributed by atoms with E-state index < -0.39 is 11.3 Å². The molecule has 0 saturated carbocycles. The fraction of sp³-hybridized carbons (Fsp3) is 0.929. The molecule has 2 rings (SSSR count). The third-order valence-corrected chi connectivity index (χ3v) is 7.78. The van der Waals surface area contributed by atoms with Gasteiger partial charge < -0.3 is 37.9 Å². The Labute approximate surface area is 251 Å². The van der Waals surface area contributed by atoms with Gasteiger partial charge in [0.15, 0.2) is 11.3 Å². The first-order valence-electron chi connectivity index (χ1n) is 14.6. The van der Waals surface area contributed by atoms with E-state index in [1.807, 2.05) is 41.5 Å². The molecule has 2 aliphatic rings. The number of amides is 4. The number of urea groups is 2. The Balaban J connectivity index is 2.65. The normalized spacial score (nSPS) is 25.4. The number of nitrogens with zero attached hydrogens (tertiary/aromatic N) is 4. The molecule has 2 aliphatic heterocycles. The van der Waals surface area contributed by atoms with Crippen LogP contribution in [0.1, 0.15) is 54.4 Å². The minimum atomic E-state index is -1.22. The Morgan fingerprint density at radius 1 is 0.571 bits per heavy atom. The van der Waals surface area contributed by atoms with Crippen molar-refractivity contribution in [2.24, 2.45) is 0 Å². The third kappa shape index (κ3) is 7.65. The molecule has 4 amide bonds. The van der Waals surface area contributed by atoms with E-state index in [-0.39, 0.29) is 63.4 Å². The average molecular weight is 607 g/mol. The number of fused-ring (bicyclic) bond motifs is 1. The SMILES string of the molecule is CCCC12N(COC(C)COC)C(=O)N(COC(C)COC)C1(C)N(COC(C)COC)C(=O)N2COC(C)COC. The minimum Gasteiger partial charge on any atom is -0.382 e. The molecule has 2 fully saturated rings. The van der Waals surface area contributed by atoms with Crippen molar-refractivity contribution in [3.63, 3.8) is 0 Å². The predicted molar refractivity (Wildman–Crippen MR) is 153 cm³/mol. The molecule has 0 aromatic rings. The standard InChI is InChI=1S/C28H54N4O10/c1-11-12-28-27(6,29(17-39-21(2)13-35-7)25(33)31(28)19-41-23(4)15-37-9)30(18-40-22(3)14-36-8)26(34)32(28)20-42-24(5)16-38-10/h21-24H,11-20H2,1-10H3. The number of hydrogen-bond acceptors (Lipinski definition) is 10. The maximum atomic E-state index is 14.4. The van der Waals surface area contributed by atoms with Crippen LogP contribution in [0.3, 0.4) is 0 Å². The zero-order chi connectivity index (χ0) is 31.5. The van der Waals surface area contributed by atoms with Gasteiger partial charge in [0.05, 0.1) is 50.8 Å². The monoisotopic (exact) mass is 606 g/mol. The number of hydrogen-bond donors (Lipinski definition) is 0. The number of ether oxygens (including phenoxy) is 8. The maximum Gasteiger partial charge on any atom is 0.327 e. The van der Waals surface area contributed by atoms with Crippen LogP contribution in [0.15, 0.2) is 0 Å². The summed E-state index contributed by atoms with van der Waals surface area (Å²) >= 11 is 0. The number of carbonyl (C=O) groups excluding carboxylic acids is 2. The summed E-state index contributed by atoms with van der Waals surface area (Å²) in [5, 5.41) is 0. The summed E-state index contributed by atoms with van der Waals surface area (Å²) in [7, 11) is 6.37. The smallest absolute Gasteiger partial charge is 0.327 e. The van der Waals surface area contributed by atoms with Crippen molar-refractivity contribution in [3.8, 4) is 0 Å². The highest BCUT2D eigenvalue weighted by atomic mass is 16.6. The molecule has 0 aromatic heterocycles. The second-order valence-electron chi connectivity index (χ2n) is 11.1. The summed E-state index contributed by atoms with van der Waals surface area (Å²) in [6.07, 6.45) is -0.0725. The van der Waals surface area contributed by atoms with Crippen LogP contribution < -0.4 is 0 Å². The van der Waals surface area contributed by atoms with E-state index >= 15 is 0 Å². The van der Waals surface area contributed by atoms with E-state index in [4.69, 9.17) is 37.9 Å². The van der Waals surface area contributed by atoms with Crippen LogP contribution in [0.25, 0.3) is 0 Å². The van der Waals surface area contributed by atoms with Gasteiger partial charge in [-0.2, -0.15) is 0 Å². The van der Waals surface area contributed by atoms with Crippen LogP contribution in [0.4, 0.5) is 9.59 Å². The molecule has 2 heterocycles.